The summed E-state index contributed by atoms with van der Waals surface area (Å²) in [6.07, 6.45) is 1.20. The highest BCUT2D eigenvalue weighted by Gasteiger charge is 2.11. The van der Waals surface area contributed by atoms with E-state index in [1.54, 1.807) is 7.11 Å². The molecule has 1 aromatic rings. The van der Waals surface area contributed by atoms with Gasteiger partial charge >= 0.3 is 5.97 Å². The first-order valence-corrected chi connectivity index (χ1v) is 8.43. The van der Waals surface area contributed by atoms with Crippen molar-refractivity contribution in [2.75, 3.05) is 13.7 Å². The highest BCUT2D eigenvalue weighted by molar-refractivity contribution is 14.1. The van der Waals surface area contributed by atoms with Crippen LogP contribution in [-0.4, -0.2) is 19.7 Å². The van der Waals surface area contributed by atoms with Gasteiger partial charge in [0.15, 0.2) is 0 Å². The lowest BCUT2D eigenvalue weighted by Crippen LogP contribution is -2.12. The van der Waals surface area contributed by atoms with Crippen LogP contribution in [0.4, 0.5) is 0 Å². The summed E-state index contributed by atoms with van der Waals surface area (Å²) in [6, 6.07) is 7.99. The van der Waals surface area contributed by atoms with Crippen LogP contribution < -0.4 is 4.74 Å². The molecular weight excluding hydrogens is 391 g/mol. The zero-order valence-electron chi connectivity index (χ0n) is 13.4. The third kappa shape index (κ3) is 6.64. The molecule has 1 atom stereocenters. The first-order chi connectivity index (χ1) is 10.5. The number of rotatable bonds is 8. The maximum absolute atomic E-state index is 11.6. The zero-order valence-corrected chi connectivity index (χ0v) is 15.6. The molecule has 0 saturated heterocycles. The zero-order chi connectivity index (χ0) is 16.5. The van der Waals surface area contributed by atoms with Gasteiger partial charge in [-0.2, -0.15) is 0 Å². The molecule has 0 amide bonds. The molecule has 1 unspecified atom stereocenters. The summed E-state index contributed by atoms with van der Waals surface area (Å²) >= 11 is 2.12. The number of benzene rings is 1. The van der Waals surface area contributed by atoms with Gasteiger partial charge in [-0.25, -0.2) is 0 Å². The van der Waals surface area contributed by atoms with E-state index in [2.05, 4.69) is 36.1 Å². The maximum Gasteiger partial charge on any atom is 0.310 e. The van der Waals surface area contributed by atoms with Crippen LogP contribution in [0.15, 0.2) is 46.1 Å². The smallest absolute Gasteiger partial charge is 0.310 e. The Hall–Kier alpha value is -1.30. The molecule has 4 heteroatoms. The molecule has 0 aromatic heterocycles. The molecular formula is C18H23IO3. The lowest BCUT2D eigenvalue weighted by atomic mass is 9.95. The van der Waals surface area contributed by atoms with Crippen LogP contribution in [-0.2, 0) is 16.0 Å². The molecule has 120 valence electrons. The molecule has 0 aliphatic rings. The number of carbonyl (C=O) groups excluding carboxylic acids is 1. The number of hydrogen-bond acceptors (Lipinski definition) is 3. The van der Waals surface area contributed by atoms with Crippen LogP contribution in [0.25, 0.3) is 0 Å². The summed E-state index contributed by atoms with van der Waals surface area (Å²) in [5, 5.41) is 0. The Balaban J connectivity index is 2.42. The number of ether oxygens (including phenoxy) is 2. The van der Waals surface area contributed by atoms with E-state index < -0.39 is 0 Å². The second kappa shape index (κ2) is 9.66. The van der Waals surface area contributed by atoms with Crippen LogP contribution in [0.2, 0.25) is 0 Å². The van der Waals surface area contributed by atoms with Crippen LogP contribution in [0.1, 0.15) is 25.8 Å². The third-order valence-corrected chi connectivity index (χ3v) is 4.49. The first-order valence-electron chi connectivity index (χ1n) is 7.18. The minimum absolute atomic E-state index is 0.205. The number of hydrogen-bond donors (Lipinski definition) is 0. The van der Waals surface area contributed by atoms with Crippen LogP contribution in [0, 0.1) is 5.92 Å². The quantitative estimate of drug-likeness (QED) is 0.352. The summed E-state index contributed by atoms with van der Waals surface area (Å²) in [7, 11) is 1.66. The van der Waals surface area contributed by atoms with Crippen molar-refractivity contribution in [2.45, 2.75) is 26.7 Å². The van der Waals surface area contributed by atoms with Crippen molar-refractivity contribution in [1.82, 2.24) is 0 Å². The van der Waals surface area contributed by atoms with Gasteiger partial charge in [-0.05, 0) is 46.6 Å². The molecule has 0 heterocycles. The van der Waals surface area contributed by atoms with Gasteiger partial charge in [0.25, 0.3) is 0 Å². The van der Waals surface area contributed by atoms with Gasteiger partial charge in [-0.15, -0.1) is 0 Å². The molecule has 0 aliphatic heterocycles. The molecule has 0 radical (unpaired) electrons. The minimum Gasteiger partial charge on any atom is -0.497 e. The summed E-state index contributed by atoms with van der Waals surface area (Å²) in [5.41, 5.74) is 3.15. The monoisotopic (exact) mass is 414 g/mol. The van der Waals surface area contributed by atoms with Crippen molar-refractivity contribution in [1.29, 1.82) is 0 Å². The van der Waals surface area contributed by atoms with E-state index >= 15 is 0 Å². The fraction of sp³-hybridized carbons (Fsp3) is 0.389. The maximum atomic E-state index is 11.6. The van der Waals surface area contributed by atoms with Gasteiger partial charge in [0, 0.05) is 0 Å². The predicted octanol–water partition coefficient (Wildman–Crippen LogP) is 4.70. The fourth-order valence-electron chi connectivity index (χ4n) is 1.89. The predicted molar refractivity (Wildman–Crippen MR) is 98.4 cm³/mol. The standard InChI is InChI=1S/C18H23IO3/c1-13(11-19)9-18(20)22-12-15(3)14(2)10-16-5-7-17(21-4)8-6-16/h5-8,11,14H,3,9-10,12H2,1-2,4H3/b13-11+. The molecule has 0 bridgehead atoms. The van der Waals surface area contributed by atoms with Gasteiger partial charge in [0.2, 0.25) is 0 Å². The van der Waals surface area contributed by atoms with Crippen molar-refractivity contribution in [3.05, 3.63) is 51.6 Å². The van der Waals surface area contributed by atoms with Crippen LogP contribution in [0.3, 0.4) is 0 Å². The Morgan fingerprint density at radius 2 is 2.00 bits per heavy atom. The van der Waals surface area contributed by atoms with E-state index in [1.165, 1.54) is 5.56 Å². The SMILES string of the molecule is C=C(COC(=O)C/C(C)=C/I)C(C)Cc1ccc(OC)cc1. The molecule has 0 aliphatic carbocycles. The number of carbonyl (C=O) groups is 1. The molecule has 0 saturated carbocycles. The Morgan fingerprint density at radius 1 is 1.36 bits per heavy atom. The average molecular weight is 414 g/mol. The Bertz CT molecular complexity index is 532. The minimum atomic E-state index is -0.205. The van der Waals surface area contributed by atoms with Gasteiger partial charge in [0.05, 0.1) is 13.5 Å². The molecule has 1 aromatic carbocycles. The Labute approximate surface area is 146 Å². The number of esters is 1. The summed E-state index contributed by atoms with van der Waals surface area (Å²) in [5.74, 6) is 0.897. The van der Waals surface area contributed by atoms with Gasteiger partial charge in [-0.3, -0.25) is 4.79 Å². The molecule has 22 heavy (non-hydrogen) atoms. The molecule has 0 fully saturated rings. The second-order valence-corrected chi connectivity index (χ2v) is 6.03. The van der Waals surface area contributed by atoms with E-state index in [0.29, 0.717) is 6.42 Å². The van der Waals surface area contributed by atoms with E-state index in [0.717, 1.165) is 23.3 Å². The molecule has 0 N–H and O–H groups in total. The lowest BCUT2D eigenvalue weighted by molar-refractivity contribution is -0.141. The fourth-order valence-corrected chi connectivity index (χ4v) is 2.11. The lowest BCUT2D eigenvalue weighted by Gasteiger charge is -2.15. The number of methoxy groups -OCH3 is 1. The summed E-state index contributed by atoms with van der Waals surface area (Å²) < 4.78 is 12.3. The van der Waals surface area contributed by atoms with Gasteiger partial charge in [0.1, 0.15) is 12.4 Å². The summed E-state index contributed by atoms with van der Waals surface area (Å²) in [4.78, 5) is 11.6. The topological polar surface area (TPSA) is 35.5 Å². The highest BCUT2D eigenvalue weighted by atomic mass is 127. The largest absolute Gasteiger partial charge is 0.497 e. The van der Waals surface area contributed by atoms with Crippen molar-refractivity contribution in [3.63, 3.8) is 0 Å². The van der Waals surface area contributed by atoms with Crippen molar-refractivity contribution in [3.8, 4) is 5.75 Å². The average Bonchev–Trinajstić information content (AvgIpc) is 2.53. The molecule has 1 rings (SSSR count). The Morgan fingerprint density at radius 3 is 2.55 bits per heavy atom. The highest BCUT2D eigenvalue weighted by Crippen LogP contribution is 2.19. The summed E-state index contributed by atoms with van der Waals surface area (Å²) in [6.45, 7) is 8.33. The van der Waals surface area contributed by atoms with Crippen molar-refractivity contribution >= 4 is 28.6 Å². The third-order valence-electron chi connectivity index (χ3n) is 3.43. The van der Waals surface area contributed by atoms with Gasteiger partial charge < -0.3 is 9.47 Å². The normalized spacial score (nSPS) is 12.6. The van der Waals surface area contributed by atoms with Gasteiger partial charge in [-0.1, -0.05) is 53.8 Å². The van der Waals surface area contributed by atoms with Crippen LogP contribution in [0.5, 0.6) is 5.75 Å². The molecule has 3 nitrogen and oxygen atoms in total. The Kier molecular flexibility index (Phi) is 8.24. The van der Waals surface area contributed by atoms with Crippen molar-refractivity contribution < 1.29 is 14.3 Å². The number of halogens is 1. The second-order valence-electron chi connectivity index (χ2n) is 5.40. The first kappa shape index (κ1) is 18.7. The van der Waals surface area contributed by atoms with E-state index in [4.69, 9.17) is 9.47 Å². The van der Waals surface area contributed by atoms with Crippen molar-refractivity contribution in [2.24, 2.45) is 5.92 Å². The van der Waals surface area contributed by atoms with E-state index in [1.807, 2.05) is 35.3 Å². The van der Waals surface area contributed by atoms with E-state index in [-0.39, 0.29) is 18.5 Å². The molecule has 0 spiro atoms. The van der Waals surface area contributed by atoms with E-state index in [9.17, 15) is 4.79 Å². The van der Waals surface area contributed by atoms with Crippen LogP contribution >= 0.6 is 22.6 Å².